The Morgan fingerprint density at radius 3 is 2.38 bits per heavy atom. The zero-order valence-electron chi connectivity index (χ0n) is 12.5. The molecule has 8 heteroatoms. The number of amides is 1. The van der Waals surface area contributed by atoms with Gasteiger partial charge in [0.15, 0.2) is 0 Å². The Kier molecular flexibility index (Phi) is 7.02. The van der Waals surface area contributed by atoms with Gasteiger partial charge >= 0.3 is 0 Å². The van der Waals surface area contributed by atoms with Crippen molar-refractivity contribution in [2.45, 2.75) is 0 Å². The first-order valence-electron chi connectivity index (χ1n) is 6.79. The van der Waals surface area contributed by atoms with Crippen molar-refractivity contribution >= 4 is 58.0 Å². The molecule has 0 aliphatic carbocycles. The van der Waals surface area contributed by atoms with Gasteiger partial charge in [0.2, 0.25) is 0 Å². The summed E-state index contributed by atoms with van der Waals surface area (Å²) in [4.78, 5) is 12.3. The van der Waals surface area contributed by atoms with Crippen molar-refractivity contribution < 1.29 is 14.3 Å². The van der Waals surface area contributed by atoms with Gasteiger partial charge < -0.3 is 14.8 Å². The van der Waals surface area contributed by atoms with Crippen LogP contribution in [0.2, 0.25) is 20.1 Å². The van der Waals surface area contributed by atoms with Crippen LogP contribution < -0.4 is 10.1 Å². The van der Waals surface area contributed by atoms with Gasteiger partial charge in [0, 0.05) is 18.7 Å². The molecule has 0 atom stereocenters. The van der Waals surface area contributed by atoms with Gasteiger partial charge in [-0.25, -0.2) is 0 Å². The fourth-order valence-electron chi connectivity index (χ4n) is 1.80. The molecule has 0 fully saturated rings. The maximum Gasteiger partial charge on any atom is 0.255 e. The molecular formula is C16H13Cl4NO3. The summed E-state index contributed by atoms with van der Waals surface area (Å²) in [7, 11) is 1.57. The van der Waals surface area contributed by atoms with Gasteiger partial charge in [-0.3, -0.25) is 4.79 Å². The summed E-state index contributed by atoms with van der Waals surface area (Å²) >= 11 is 24.0. The van der Waals surface area contributed by atoms with Crippen LogP contribution in [0.5, 0.6) is 5.75 Å². The van der Waals surface area contributed by atoms with Gasteiger partial charge in [-0.1, -0.05) is 46.4 Å². The average molecular weight is 409 g/mol. The molecule has 0 saturated carbocycles. The number of carbonyl (C=O) groups excluding carboxylic acids is 1. The number of hydrogen-bond donors (Lipinski definition) is 1. The van der Waals surface area contributed by atoms with Crippen molar-refractivity contribution in [1.82, 2.24) is 0 Å². The lowest BCUT2D eigenvalue weighted by Crippen LogP contribution is -2.12. The summed E-state index contributed by atoms with van der Waals surface area (Å²) in [5.41, 5.74) is 0.710. The van der Waals surface area contributed by atoms with Crippen LogP contribution >= 0.6 is 46.4 Å². The van der Waals surface area contributed by atoms with E-state index in [1.165, 1.54) is 12.1 Å². The van der Waals surface area contributed by atoms with Crippen LogP contribution in [-0.4, -0.2) is 26.2 Å². The Hall–Kier alpha value is -1.17. The number of benzene rings is 2. The first-order chi connectivity index (χ1) is 11.4. The zero-order chi connectivity index (χ0) is 17.7. The Bertz CT molecular complexity index is 752. The minimum atomic E-state index is -0.388. The second kappa shape index (κ2) is 8.79. The standard InChI is InChI=1S/C16H13Cl4NO3/c1-23-4-5-24-15-8-14(12(19)7-13(15)20)21-16(22)9-2-3-10(17)11(18)6-9/h2-3,6-8H,4-5H2,1H3,(H,21,22). The lowest BCUT2D eigenvalue weighted by Gasteiger charge is -2.12. The maximum atomic E-state index is 12.3. The highest BCUT2D eigenvalue weighted by molar-refractivity contribution is 6.42. The highest BCUT2D eigenvalue weighted by atomic mass is 35.5. The van der Waals surface area contributed by atoms with Gasteiger partial charge in [-0.15, -0.1) is 0 Å². The number of ether oxygens (including phenoxy) is 2. The minimum absolute atomic E-state index is 0.285. The van der Waals surface area contributed by atoms with Crippen molar-refractivity contribution in [3.63, 3.8) is 0 Å². The lowest BCUT2D eigenvalue weighted by molar-refractivity contribution is 0.102. The van der Waals surface area contributed by atoms with Crippen LogP contribution in [0.25, 0.3) is 0 Å². The molecule has 0 aliphatic rings. The molecule has 0 aliphatic heterocycles. The van der Waals surface area contributed by atoms with Crippen molar-refractivity contribution in [1.29, 1.82) is 0 Å². The molecule has 24 heavy (non-hydrogen) atoms. The molecule has 0 radical (unpaired) electrons. The van der Waals surface area contributed by atoms with E-state index in [9.17, 15) is 4.79 Å². The van der Waals surface area contributed by atoms with E-state index in [1.54, 1.807) is 25.3 Å². The first-order valence-corrected chi connectivity index (χ1v) is 8.30. The summed E-state index contributed by atoms with van der Waals surface area (Å²) < 4.78 is 10.4. The van der Waals surface area contributed by atoms with Gasteiger partial charge in [-0.2, -0.15) is 0 Å². The van der Waals surface area contributed by atoms with Gasteiger partial charge in [0.1, 0.15) is 12.4 Å². The van der Waals surface area contributed by atoms with Crippen molar-refractivity contribution in [2.24, 2.45) is 0 Å². The number of carbonyl (C=O) groups is 1. The van der Waals surface area contributed by atoms with Gasteiger partial charge in [-0.05, 0) is 24.3 Å². The molecule has 0 bridgehead atoms. The third-order valence-electron chi connectivity index (χ3n) is 3.00. The summed E-state index contributed by atoms with van der Waals surface area (Å²) in [6.45, 7) is 0.724. The van der Waals surface area contributed by atoms with Crippen molar-refractivity contribution in [3.8, 4) is 5.75 Å². The molecular weight excluding hydrogens is 396 g/mol. The Balaban J connectivity index is 2.19. The number of methoxy groups -OCH3 is 1. The summed E-state index contributed by atoms with van der Waals surface area (Å²) in [6.07, 6.45) is 0. The predicted molar refractivity (Wildman–Crippen MR) is 98.2 cm³/mol. The molecule has 0 heterocycles. The molecule has 1 amide bonds. The quantitative estimate of drug-likeness (QED) is 0.634. The second-order valence-electron chi connectivity index (χ2n) is 4.69. The average Bonchev–Trinajstić information content (AvgIpc) is 2.54. The minimum Gasteiger partial charge on any atom is -0.490 e. The molecule has 2 rings (SSSR count). The lowest BCUT2D eigenvalue weighted by atomic mass is 10.2. The molecule has 0 unspecified atom stereocenters. The summed E-state index contributed by atoms with van der Waals surface area (Å²) in [6, 6.07) is 7.62. The van der Waals surface area contributed by atoms with Crippen LogP contribution in [0, 0.1) is 0 Å². The first kappa shape index (κ1) is 19.2. The normalized spacial score (nSPS) is 10.5. The highest BCUT2D eigenvalue weighted by Gasteiger charge is 2.13. The number of hydrogen-bond acceptors (Lipinski definition) is 3. The van der Waals surface area contributed by atoms with Crippen LogP contribution in [0.15, 0.2) is 30.3 Å². The molecule has 0 spiro atoms. The predicted octanol–water partition coefficient (Wildman–Crippen LogP) is 5.58. The molecule has 1 N–H and O–H groups in total. The fraction of sp³-hybridized carbons (Fsp3) is 0.188. The van der Waals surface area contributed by atoms with Crippen molar-refractivity contribution in [2.75, 3.05) is 25.6 Å². The molecule has 128 valence electrons. The third kappa shape index (κ3) is 4.91. The van der Waals surface area contributed by atoms with E-state index in [0.717, 1.165) is 0 Å². The highest BCUT2D eigenvalue weighted by Crippen LogP contribution is 2.34. The fourth-order valence-corrected chi connectivity index (χ4v) is 2.59. The molecule has 4 nitrogen and oxygen atoms in total. The largest absolute Gasteiger partial charge is 0.490 e. The molecule has 0 aromatic heterocycles. The summed E-state index contributed by atoms with van der Waals surface area (Å²) in [5, 5.41) is 3.96. The number of nitrogens with one attached hydrogen (secondary N) is 1. The van der Waals surface area contributed by atoms with E-state index in [4.69, 9.17) is 55.9 Å². The molecule has 0 saturated heterocycles. The van der Waals surface area contributed by atoms with E-state index in [-0.39, 0.29) is 16.0 Å². The van der Waals surface area contributed by atoms with Crippen LogP contribution in [-0.2, 0) is 4.74 Å². The number of halogens is 4. The molecule has 2 aromatic rings. The van der Waals surface area contributed by atoms with E-state index >= 15 is 0 Å². The van der Waals surface area contributed by atoms with Crippen LogP contribution in [0.4, 0.5) is 5.69 Å². The van der Waals surface area contributed by atoms with Crippen LogP contribution in [0.3, 0.4) is 0 Å². The van der Waals surface area contributed by atoms with E-state index < -0.39 is 0 Å². The monoisotopic (exact) mass is 407 g/mol. The van der Waals surface area contributed by atoms with Gasteiger partial charge in [0.05, 0.1) is 32.4 Å². The third-order valence-corrected chi connectivity index (χ3v) is 4.34. The van der Waals surface area contributed by atoms with Crippen LogP contribution in [0.1, 0.15) is 10.4 Å². The van der Waals surface area contributed by atoms with E-state index in [2.05, 4.69) is 5.32 Å². The smallest absolute Gasteiger partial charge is 0.255 e. The molecule has 2 aromatic carbocycles. The van der Waals surface area contributed by atoms with Gasteiger partial charge in [0.25, 0.3) is 5.91 Å². The number of rotatable bonds is 6. The Morgan fingerprint density at radius 2 is 1.71 bits per heavy atom. The number of anilines is 1. The Morgan fingerprint density at radius 1 is 0.958 bits per heavy atom. The zero-order valence-corrected chi connectivity index (χ0v) is 15.6. The maximum absolute atomic E-state index is 12.3. The topological polar surface area (TPSA) is 47.6 Å². The van der Waals surface area contributed by atoms with Crippen molar-refractivity contribution in [3.05, 3.63) is 56.0 Å². The van der Waals surface area contributed by atoms with E-state index in [0.29, 0.717) is 40.3 Å². The second-order valence-corrected chi connectivity index (χ2v) is 6.32. The Labute approximate surface area is 159 Å². The van der Waals surface area contributed by atoms with E-state index in [1.807, 2.05) is 0 Å². The SMILES string of the molecule is COCCOc1cc(NC(=O)c2ccc(Cl)c(Cl)c2)c(Cl)cc1Cl. The summed E-state index contributed by atoms with van der Waals surface area (Å²) in [5.74, 6) is 0.00295.